The second kappa shape index (κ2) is 7.42. The predicted octanol–water partition coefficient (Wildman–Crippen LogP) is 2.24. The van der Waals surface area contributed by atoms with Gasteiger partial charge in [-0.3, -0.25) is 4.79 Å². The van der Waals surface area contributed by atoms with E-state index in [1.165, 1.54) is 18.2 Å². The number of nitrogens with one attached hydrogen (secondary N) is 3. The largest absolute Gasteiger partial charge is 0.343 e. The van der Waals surface area contributed by atoms with Gasteiger partial charge in [-0.25, -0.2) is 9.18 Å². The summed E-state index contributed by atoms with van der Waals surface area (Å²) in [5.74, 6) is -0.953. The molecular weight excluding hydrogens is 359 g/mol. The molecule has 3 rings (SSSR count). The first-order valence-electron chi connectivity index (χ1n) is 7.77. The van der Waals surface area contributed by atoms with Crippen LogP contribution in [0.25, 0.3) is 0 Å². The fraction of sp³-hybridized carbons (Fsp3) is 0.167. The van der Waals surface area contributed by atoms with Crippen molar-refractivity contribution in [1.82, 2.24) is 16.0 Å². The Kier molecular flexibility index (Phi) is 5.05. The number of carbonyl (C=O) groups is 2. The molecule has 0 radical (unpaired) electrons. The number of rotatable bonds is 4. The van der Waals surface area contributed by atoms with Crippen molar-refractivity contribution in [3.8, 4) is 6.07 Å². The van der Waals surface area contributed by atoms with Gasteiger partial charge < -0.3 is 16.0 Å². The third-order valence-electron chi connectivity index (χ3n) is 4.03. The van der Waals surface area contributed by atoms with Gasteiger partial charge in [0.2, 0.25) is 5.91 Å². The van der Waals surface area contributed by atoms with Gasteiger partial charge >= 0.3 is 6.03 Å². The van der Waals surface area contributed by atoms with E-state index in [-0.39, 0.29) is 11.6 Å². The highest BCUT2D eigenvalue weighted by Crippen LogP contribution is 2.26. The van der Waals surface area contributed by atoms with Crippen molar-refractivity contribution < 1.29 is 14.0 Å². The molecule has 1 saturated heterocycles. The highest BCUT2D eigenvalue weighted by molar-refractivity contribution is 6.30. The summed E-state index contributed by atoms with van der Waals surface area (Å²) in [5.41, 5.74) is 1.74. The van der Waals surface area contributed by atoms with Crippen LogP contribution in [0.4, 0.5) is 9.18 Å². The third-order valence-corrected chi connectivity index (χ3v) is 4.31. The first-order chi connectivity index (χ1) is 12.5. The topological polar surface area (TPSA) is 94.0 Å². The van der Waals surface area contributed by atoms with Crippen molar-refractivity contribution in [1.29, 1.82) is 5.26 Å². The standard InChI is InChI=1S/C18H14ClFN4O2/c19-13-7-12(5-6-14(13)20)16(11-3-1-10(8-21)2-4-11)24-17(25)15-9-22-18(26)23-15/h1-7,15-16H,9H2,(H,24,25)(H2,22,23,26)/t15-,16-/m0/s1. The summed E-state index contributed by atoms with van der Waals surface area (Å²) in [6.07, 6.45) is 0. The Morgan fingerprint density at radius 2 is 1.96 bits per heavy atom. The van der Waals surface area contributed by atoms with Crippen molar-refractivity contribution in [2.24, 2.45) is 0 Å². The number of urea groups is 1. The number of benzene rings is 2. The molecule has 0 spiro atoms. The number of halogens is 2. The maximum atomic E-state index is 13.5. The lowest BCUT2D eigenvalue weighted by Gasteiger charge is -2.22. The van der Waals surface area contributed by atoms with Gasteiger partial charge in [0, 0.05) is 6.54 Å². The van der Waals surface area contributed by atoms with Gasteiger partial charge in [0.15, 0.2) is 0 Å². The molecule has 0 bridgehead atoms. The van der Waals surface area contributed by atoms with E-state index < -0.39 is 29.8 Å². The minimum atomic E-state index is -0.709. The number of nitrogens with zero attached hydrogens (tertiary/aromatic N) is 1. The molecule has 2 aromatic carbocycles. The molecule has 1 aliphatic heterocycles. The van der Waals surface area contributed by atoms with Gasteiger partial charge in [0.25, 0.3) is 0 Å². The van der Waals surface area contributed by atoms with Crippen LogP contribution >= 0.6 is 11.6 Å². The molecule has 2 aromatic rings. The molecule has 6 nitrogen and oxygen atoms in total. The van der Waals surface area contributed by atoms with Gasteiger partial charge in [0.1, 0.15) is 11.9 Å². The molecule has 1 fully saturated rings. The monoisotopic (exact) mass is 372 g/mol. The second-order valence-corrected chi connectivity index (χ2v) is 6.16. The third kappa shape index (κ3) is 3.76. The zero-order chi connectivity index (χ0) is 18.7. The zero-order valence-corrected chi connectivity index (χ0v) is 14.2. The number of hydrogen-bond acceptors (Lipinski definition) is 3. The van der Waals surface area contributed by atoms with Gasteiger partial charge in [-0.2, -0.15) is 5.26 Å². The minimum Gasteiger partial charge on any atom is -0.343 e. The molecule has 0 saturated carbocycles. The van der Waals surface area contributed by atoms with Crippen molar-refractivity contribution in [2.75, 3.05) is 6.54 Å². The number of amides is 3. The van der Waals surface area contributed by atoms with E-state index in [0.29, 0.717) is 16.7 Å². The van der Waals surface area contributed by atoms with E-state index in [2.05, 4.69) is 16.0 Å². The van der Waals surface area contributed by atoms with E-state index in [9.17, 15) is 14.0 Å². The first-order valence-corrected chi connectivity index (χ1v) is 8.15. The molecule has 2 atom stereocenters. The van der Waals surface area contributed by atoms with Crippen LogP contribution in [0, 0.1) is 17.1 Å². The zero-order valence-electron chi connectivity index (χ0n) is 13.4. The summed E-state index contributed by atoms with van der Waals surface area (Å²) in [6, 6.07) is 11.1. The smallest absolute Gasteiger partial charge is 0.315 e. The maximum Gasteiger partial charge on any atom is 0.315 e. The van der Waals surface area contributed by atoms with E-state index in [4.69, 9.17) is 16.9 Å². The fourth-order valence-corrected chi connectivity index (χ4v) is 2.85. The van der Waals surface area contributed by atoms with E-state index in [1.54, 1.807) is 24.3 Å². The summed E-state index contributed by atoms with van der Waals surface area (Å²) in [5, 5.41) is 16.7. The highest BCUT2D eigenvalue weighted by Gasteiger charge is 2.29. The summed E-state index contributed by atoms with van der Waals surface area (Å²) < 4.78 is 13.5. The molecule has 3 amide bonds. The highest BCUT2D eigenvalue weighted by atomic mass is 35.5. The Bertz CT molecular complexity index is 895. The van der Waals surface area contributed by atoms with Crippen LogP contribution in [-0.4, -0.2) is 24.5 Å². The minimum absolute atomic E-state index is 0.0637. The number of hydrogen-bond donors (Lipinski definition) is 3. The van der Waals surface area contributed by atoms with Crippen LogP contribution in [0.15, 0.2) is 42.5 Å². The van der Waals surface area contributed by atoms with E-state index in [0.717, 1.165) is 0 Å². The van der Waals surface area contributed by atoms with Crippen molar-refractivity contribution in [2.45, 2.75) is 12.1 Å². The van der Waals surface area contributed by atoms with Crippen molar-refractivity contribution >= 4 is 23.5 Å². The van der Waals surface area contributed by atoms with Crippen molar-refractivity contribution in [3.05, 3.63) is 70.0 Å². The summed E-state index contributed by atoms with van der Waals surface area (Å²) >= 11 is 5.88. The fourth-order valence-electron chi connectivity index (χ4n) is 2.66. The molecule has 1 heterocycles. The predicted molar refractivity (Wildman–Crippen MR) is 92.9 cm³/mol. The summed E-state index contributed by atoms with van der Waals surface area (Å²) in [6.45, 7) is 0.176. The van der Waals surface area contributed by atoms with Crippen molar-refractivity contribution in [3.63, 3.8) is 0 Å². The van der Waals surface area contributed by atoms with Crippen LogP contribution in [0.5, 0.6) is 0 Å². The molecule has 26 heavy (non-hydrogen) atoms. The molecular formula is C18H14ClFN4O2. The van der Waals surface area contributed by atoms with Crippen LogP contribution < -0.4 is 16.0 Å². The van der Waals surface area contributed by atoms with Crippen LogP contribution in [0.1, 0.15) is 22.7 Å². The normalized spacial score (nSPS) is 17.0. The number of nitriles is 1. The first kappa shape index (κ1) is 17.7. The molecule has 0 aliphatic carbocycles. The Labute approximate surface area is 154 Å². The Balaban J connectivity index is 1.92. The summed E-state index contributed by atoms with van der Waals surface area (Å²) in [4.78, 5) is 23.7. The quantitative estimate of drug-likeness (QED) is 0.768. The summed E-state index contributed by atoms with van der Waals surface area (Å²) in [7, 11) is 0. The maximum absolute atomic E-state index is 13.5. The van der Waals surface area contributed by atoms with E-state index >= 15 is 0 Å². The average Bonchev–Trinajstić information content (AvgIpc) is 3.09. The van der Waals surface area contributed by atoms with Gasteiger partial charge in [0.05, 0.1) is 22.7 Å². The SMILES string of the molecule is N#Cc1ccc([C@H](NC(=O)[C@@H]2CNC(=O)N2)c2ccc(F)c(Cl)c2)cc1. The molecule has 3 N–H and O–H groups in total. The lowest BCUT2D eigenvalue weighted by Crippen LogP contribution is -2.44. The Morgan fingerprint density at radius 1 is 1.27 bits per heavy atom. The molecule has 8 heteroatoms. The van der Waals surface area contributed by atoms with Gasteiger partial charge in [-0.05, 0) is 35.4 Å². The van der Waals surface area contributed by atoms with E-state index in [1.807, 2.05) is 6.07 Å². The van der Waals surface area contributed by atoms with Crippen LogP contribution in [0.3, 0.4) is 0 Å². The molecule has 0 unspecified atom stereocenters. The second-order valence-electron chi connectivity index (χ2n) is 5.76. The van der Waals surface area contributed by atoms with Gasteiger partial charge in [-0.1, -0.05) is 29.8 Å². The molecule has 1 aliphatic rings. The number of carbonyl (C=O) groups excluding carboxylic acids is 2. The van der Waals surface area contributed by atoms with Gasteiger partial charge in [-0.15, -0.1) is 0 Å². The molecule has 132 valence electrons. The Hall–Kier alpha value is -3.11. The lowest BCUT2D eigenvalue weighted by molar-refractivity contribution is -0.122. The lowest BCUT2D eigenvalue weighted by atomic mass is 9.97. The average molecular weight is 373 g/mol. The van der Waals surface area contributed by atoms with Crippen LogP contribution in [0.2, 0.25) is 5.02 Å². The molecule has 0 aromatic heterocycles. The Morgan fingerprint density at radius 3 is 2.54 bits per heavy atom. The van der Waals surface area contributed by atoms with Crippen LogP contribution in [-0.2, 0) is 4.79 Å².